The molecule has 0 atom stereocenters. The van der Waals surface area contributed by atoms with E-state index in [0.29, 0.717) is 30.2 Å². The van der Waals surface area contributed by atoms with Crippen molar-refractivity contribution in [2.75, 3.05) is 33.1 Å². The molecular formula is C15H24N2O3. The minimum Gasteiger partial charge on any atom is -0.497 e. The number of rotatable bonds is 7. The lowest BCUT2D eigenvalue weighted by Gasteiger charge is -2.24. The van der Waals surface area contributed by atoms with E-state index in [1.54, 1.807) is 32.4 Å². The molecule has 0 aliphatic rings. The average Bonchev–Trinajstić information content (AvgIpc) is 2.42. The molecule has 1 aromatic carbocycles. The molecule has 5 heteroatoms. The van der Waals surface area contributed by atoms with Crippen molar-refractivity contribution in [2.24, 2.45) is 5.41 Å². The second-order valence-electron chi connectivity index (χ2n) is 5.58. The standard InChI is InChI=1S/C15H24N2O3/c1-15(2,5-6-19-3)10-17-14(18)11-7-12(16)9-13(8-11)20-4/h7-9H,5-6,10,16H2,1-4H3,(H,17,18). The molecule has 112 valence electrons. The first kappa shape index (κ1) is 16.3. The number of nitrogens with two attached hydrogens (primary N) is 1. The Hall–Kier alpha value is -1.75. The third-order valence-electron chi connectivity index (χ3n) is 3.14. The Morgan fingerprint density at radius 3 is 2.60 bits per heavy atom. The number of benzene rings is 1. The molecule has 0 heterocycles. The fourth-order valence-corrected chi connectivity index (χ4v) is 1.76. The maximum Gasteiger partial charge on any atom is 0.251 e. The van der Waals surface area contributed by atoms with E-state index in [9.17, 15) is 4.79 Å². The van der Waals surface area contributed by atoms with E-state index in [1.165, 1.54) is 0 Å². The van der Waals surface area contributed by atoms with E-state index in [0.717, 1.165) is 6.42 Å². The van der Waals surface area contributed by atoms with Crippen molar-refractivity contribution in [1.29, 1.82) is 0 Å². The highest BCUT2D eigenvalue weighted by molar-refractivity contribution is 5.95. The first-order valence-corrected chi connectivity index (χ1v) is 6.59. The normalized spacial score (nSPS) is 11.2. The van der Waals surface area contributed by atoms with Crippen molar-refractivity contribution in [2.45, 2.75) is 20.3 Å². The lowest BCUT2D eigenvalue weighted by Crippen LogP contribution is -2.34. The summed E-state index contributed by atoms with van der Waals surface area (Å²) in [5.41, 5.74) is 6.74. The zero-order valence-electron chi connectivity index (χ0n) is 12.7. The van der Waals surface area contributed by atoms with Gasteiger partial charge in [0.1, 0.15) is 5.75 Å². The average molecular weight is 280 g/mol. The van der Waals surface area contributed by atoms with E-state index < -0.39 is 0 Å². The molecule has 20 heavy (non-hydrogen) atoms. The van der Waals surface area contributed by atoms with Gasteiger partial charge in [-0.3, -0.25) is 4.79 Å². The molecule has 0 aliphatic heterocycles. The van der Waals surface area contributed by atoms with Gasteiger partial charge in [-0.25, -0.2) is 0 Å². The summed E-state index contributed by atoms with van der Waals surface area (Å²) in [6, 6.07) is 4.99. The Morgan fingerprint density at radius 1 is 1.30 bits per heavy atom. The van der Waals surface area contributed by atoms with Crippen LogP contribution in [0.1, 0.15) is 30.6 Å². The monoisotopic (exact) mass is 280 g/mol. The number of methoxy groups -OCH3 is 2. The number of nitrogens with one attached hydrogen (secondary N) is 1. The molecule has 0 fully saturated rings. The van der Waals surface area contributed by atoms with Gasteiger partial charge in [-0.2, -0.15) is 0 Å². The van der Waals surface area contributed by atoms with E-state index in [1.807, 2.05) is 0 Å². The summed E-state index contributed by atoms with van der Waals surface area (Å²) >= 11 is 0. The predicted octanol–water partition coefficient (Wildman–Crippen LogP) is 2.07. The van der Waals surface area contributed by atoms with Crippen molar-refractivity contribution in [1.82, 2.24) is 5.32 Å². The van der Waals surface area contributed by atoms with Crippen LogP contribution in [0.15, 0.2) is 18.2 Å². The zero-order valence-corrected chi connectivity index (χ0v) is 12.7. The first-order chi connectivity index (χ1) is 9.38. The van der Waals surface area contributed by atoms with Gasteiger partial charge < -0.3 is 20.5 Å². The second-order valence-corrected chi connectivity index (χ2v) is 5.58. The molecule has 0 saturated heterocycles. The van der Waals surface area contributed by atoms with Crippen LogP contribution in [0, 0.1) is 5.41 Å². The number of anilines is 1. The molecule has 0 bridgehead atoms. The van der Waals surface area contributed by atoms with Gasteiger partial charge in [-0.15, -0.1) is 0 Å². The van der Waals surface area contributed by atoms with Crippen molar-refractivity contribution in [3.05, 3.63) is 23.8 Å². The van der Waals surface area contributed by atoms with Crippen LogP contribution >= 0.6 is 0 Å². The number of carbonyl (C=O) groups is 1. The molecule has 0 spiro atoms. The summed E-state index contributed by atoms with van der Waals surface area (Å²) in [7, 11) is 3.22. The Labute approximate surface area is 120 Å². The summed E-state index contributed by atoms with van der Waals surface area (Å²) in [4.78, 5) is 12.1. The number of amides is 1. The fourth-order valence-electron chi connectivity index (χ4n) is 1.76. The van der Waals surface area contributed by atoms with E-state index in [4.69, 9.17) is 15.2 Å². The first-order valence-electron chi connectivity index (χ1n) is 6.59. The topological polar surface area (TPSA) is 73.6 Å². The van der Waals surface area contributed by atoms with Gasteiger partial charge in [-0.05, 0) is 24.0 Å². The van der Waals surface area contributed by atoms with Crippen LogP contribution in [0.5, 0.6) is 5.75 Å². The third kappa shape index (κ3) is 5.09. The van der Waals surface area contributed by atoms with Gasteiger partial charge in [0.25, 0.3) is 5.91 Å². The largest absolute Gasteiger partial charge is 0.497 e. The Kier molecular flexibility index (Phi) is 5.82. The van der Waals surface area contributed by atoms with Crippen molar-refractivity contribution in [3.63, 3.8) is 0 Å². The Morgan fingerprint density at radius 2 is 2.00 bits per heavy atom. The van der Waals surface area contributed by atoms with Crippen LogP contribution in [-0.4, -0.2) is 33.3 Å². The third-order valence-corrected chi connectivity index (χ3v) is 3.14. The molecule has 1 amide bonds. The number of nitrogen functional groups attached to an aromatic ring is 1. The lowest BCUT2D eigenvalue weighted by atomic mass is 9.89. The van der Waals surface area contributed by atoms with E-state index in [2.05, 4.69) is 19.2 Å². The highest BCUT2D eigenvalue weighted by atomic mass is 16.5. The number of ether oxygens (including phenoxy) is 2. The minimum atomic E-state index is -0.152. The lowest BCUT2D eigenvalue weighted by molar-refractivity contribution is 0.0920. The molecule has 0 radical (unpaired) electrons. The quantitative estimate of drug-likeness (QED) is 0.750. The molecule has 0 unspecified atom stereocenters. The highest BCUT2D eigenvalue weighted by Crippen LogP contribution is 2.21. The van der Waals surface area contributed by atoms with Gasteiger partial charge >= 0.3 is 0 Å². The molecule has 1 rings (SSSR count). The predicted molar refractivity (Wildman–Crippen MR) is 80.0 cm³/mol. The van der Waals surface area contributed by atoms with E-state index >= 15 is 0 Å². The molecule has 0 saturated carbocycles. The zero-order chi connectivity index (χ0) is 15.2. The van der Waals surface area contributed by atoms with E-state index in [-0.39, 0.29) is 11.3 Å². The summed E-state index contributed by atoms with van der Waals surface area (Å²) in [6.45, 7) is 5.43. The summed E-state index contributed by atoms with van der Waals surface area (Å²) < 4.78 is 10.2. The molecule has 0 aliphatic carbocycles. The molecule has 5 nitrogen and oxygen atoms in total. The summed E-state index contributed by atoms with van der Waals surface area (Å²) in [5, 5.41) is 2.92. The van der Waals surface area contributed by atoms with Crippen LogP contribution < -0.4 is 15.8 Å². The number of hydrogen-bond acceptors (Lipinski definition) is 4. The van der Waals surface area contributed by atoms with Crippen LogP contribution in [-0.2, 0) is 4.74 Å². The molecule has 1 aromatic rings. The van der Waals surface area contributed by atoms with Gasteiger partial charge in [-0.1, -0.05) is 13.8 Å². The van der Waals surface area contributed by atoms with Crippen LogP contribution in [0.4, 0.5) is 5.69 Å². The highest BCUT2D eigenvalue weighted by Gasteiger charge is 2.19. The smallest absolute Gasteiger partial charge is 0.251 e. The van der Waals surface area contributed by atoms with Crippen LogP contribution in [0.3, 0.4) is 0 Å². The molecule has 3 N–H and O–H groups in total. The maximum absolute atomic E-state index is 12.1. The van der Waals surface area contributed by atoms with Crippen molar-refractivity contribution >= 4 is 11.6 Å². The molecular weight excluding hydrogens is 256 g/mol. The Balaban J connectivity index is 2.65. The fraction of sp³-hybridized carbons (Fsp3) is 0.533. The SMILES string of the molecule is COCCC(C)(C)CNC(=O)c1cc(N)cc(OC)c1. The maximum atomic E-state index is 12.1. The van der Waals surface area contributed by atoms with Crippen molar-refractivity contribution < 1.29 is 14.3 Å². The van der Waals surface area contributed by atoms with Gasteiger partial charge in [0.15, 0.2) is 0 Å². The Bertz CT molecular complexity index is 458. The summed E-state index contributed by atoms with van der Waals surface area (Å²) in [6.07, 6.45) is 0.879. The summed E-state index contributed by atoms with van der Waals surface area (Å²) in [5.74, 6) is 0.426. The number of carbonyl (C=O) groups excluding carboxylic acids is 1. The second kappa shape index (κ2) is 7.14. The van der Waals surface area contributed by atoms with Crippen LogP contribution in [0.25, 0.3) is 0 Å². The van der Waals surface area contributed by atoms with Gasteiger partial charge in [0.05, 0.1) is 7.11 Å². The van der Waals surface area contributed by atoms with Crippen molar-refractivity contribution in [3.8, 4) is 5.75 Å². The molecule has 0 aromatic heterocycles. The van der Waals surface area contributed by atoms with Gasteiger partial charge in [0, 0.05) is 37.6 Å². The van der Waals surface area contributed by atoms with Gasteiger partial charge in [0.2, 0.25) is 0 Å². The van der Waals surface area contributed by atoms with Crippen LogP contribution in [0.2, 0.25) is 0 Å². The number of hydrogen-bond donors (Lipinski definition) is 2. The minimum absolute atomic E-state index is 0.0178.